The molecule has 0 bridgehead atoms. The summed E-state index contributed by atoms with van der Waals surface area (Å²) in [5, 5.41) is 0. The monoisotopic (exact) mass is 197 g/mol. The lowest BCUT2D eigenvalue weighted by Crippen LogP contribution is -2.15. The molecule has 1 unspecified atom stereocenters. The fourth-order valence-corrected chi connectivity index (χ4v) is 1.09. The van der Waals surface area contributed by atoms with Gasteiger partial charge in [-0.25, -0.2) is 0 Å². The van der Waals surface area contributed by atoms with Gasteiger partial charge in [-0.15, -0.1) is 0 Å². The normalized spacial score (nSPS) is 13.5. The second-order valence-corrected chi connectivity index (χ2v) is 3.83. The molecule has 1 aromatic heterocycles. The highest BCUT2D eigenvalue weighted by molar-refractivity contribution is 5.15. The fourth-order valence-electron chi connectivity index (χ4n) is 1.09. The Morgan fingerprint density at radius 2 is 2.14 bits per heavy atom. The minimum absolute atomic E-state index is 0.260. The van der Waals surface area contributed by atoms with E-state index in [0.717, 1.165) is 11.3 Å². The molecule has 0 saturated carbocycles. The summed E-state index contributed by atoms with van der Waals surface area (Å²) in [4.78, 5) is 0. The summed E-state index contributed by atoms with van der Waals surface area (Å²) >= 11 is 0. The van der Waals surface area contributed by atoms with Gasteiger partial charge in [-0.3, -0.25) is 0 Å². The zero-order valence-corrected chi connectivity index (χ0v) is 9.12. The lowest BCUT2D eigenvalue weighted by Gasteiger charge is -2.16. The topological polar surface area (TPSA) is 48.4 Å². The van der Waals surface area contributed by atoms with Crippen LogP contribution < -0.4 is 5.73 Å². The van der Waals surface area contributed by atoms with Crippen LogP contribution in [-0.2, 0) is 17.9 Å². The first-order valence-corrected chi connectivity index (χ1v) is 5.02. The molecule has 0 radical (unpaired) electrons. The quantitative estimate of drug-likeness (QED) is 0.788. The maximum absolute atomic E-state index is 5.67. The molecule has 3 nitrogen and oxygen atoms in total. The largest absolute Gasteiger partial charge is 0.468 e. The Labute approximate surface area is 85.2 Å². The molecule has 0 aliphatic rings. The zero-order chi connectivity index (χ0) is 10.6. The van der Waals surface area contributed by atoms with Crippen molar-refractivity contribution in [2.24, 2.45) is 11.7 Å². The summed E-state index contributed by atoms with van der Waals surface area (Å²) < 4.78 is 10.9. The van der Waals surface area contributed by atoms with E-state index in [1.165, 1.54) is 0 Å². The van der Waals surface area contributed by atoms with E-state index in [9.17, 15) is 0 Å². The maximum atomic E-state index is 5.67. The molecule has 0 amide bonds. The van der Waals surface area contributed by atoms with Gasteiger partial charge >= 0.3 is 0 Å². The van der Waals surface area contributed by atoms with Gasteiger partial charge in [0.25, 0.3) is 0 Å². The van der Waals surface area contributed by atoms with E-state index in [-0.39, 0.29) is 6.10 Å². The predicted molar refractivity (Wildman–Crippen MR) is 55.7 cm³/mol. The lowest BCUT2D eigenvalue weighted by atomic mass is 10.1. The number of hydrogen-bond acceptors (Lipinski definition) is 3. The van der Waals surface area contributed by atoms with Gasteiger partial charge in [0.05, 0.1) is 25.5 Å². The number of ether oxygens (including phenoxy) is 1. The molecular weight excluding hydrogens is 178 g/mol. The average Bonchev–Trinajstić information content (AvgIpc) is 2.60. The van der Waals surface area contributed by atoms with Crippen molar-refractivity contribution in [3.63, 3.8) is 0 Å². The van der Waals surface area contributed by atoms with Crippen molar-refractivity contribution < 1.29 is 9.15 Å². The van der Waals surface area contributed by atoms with Gasteiger partial charge in [0.1, 0.15) is 5.76 Å². The van der Waals surface area contributed by atoms with Crippen molar-refractivity contribution in [3.05, 3.63) is 23.7 Å². The Kier molecular flexibility index (Phi) is 4.17. The Morgan fingerprint density at radius 1 is 1.43 bits per heavy atom. The van der Waals surface area contributed by atoms with Crippen LogP contribution in [0.4, 0.5) is 0 Å². The van der Waals surface area contributed by atoms with Crippen LogP contribution in [0.2, 0.25) is 0 Å². The lowest BCUT2D eigenvalue weighted by molar-refractivity contribution is 0.0228. The van der Waals surface area contributed by atoms with Crippen molar-refractivity contribution in [1.29, 1.82) is 0 Å². The summed E-state index contributed by atoms with van der Waals surface area (Å²) in [6.45, 7) is 7.38. The first kappa shape index (κ1) is 11.3. The molecule has 2 N–H and O–H groups in total. The molecule has 1 atom stereocenters. The molecule has 1 heterocycles. The molecule has 0 aliphatic heterocycles. The van der Waals surface area contributed by atoms with Crippen LogP contribution in [0, 0.1) is 5.92 Å². The number of furan rings is 1. The molecule has 1 rings (SSSR count). The van der Waals surface area contributed by atoms with E-state index in [2.05, 4.69) is 20.8 Å². The van der Waals surface area contributed by atoms with Crippen molar-refractivity contribution >= 4 is 0 Å². The van der Waals surface area contributed by atoms with Crippen molar-refractivity contribution in [2.75, 3.05) is 0 Å². The van der Waals surface area contributed by atoms with Crippen LogP contribution in [0.15, 0.2) is 16.7 Å². The second kappa shape index (κ2) is 5.17. The minimum Gasteiger partial charge on any atom is -0.468 e. The van der Waals surface area contributed by atoms with Gasteiger partial charge in [-0.1, -0.05) is 13.8 Å². The number of rotatable bonds is 5. The summed E-state index contributed by atoms with van der Waals surface area (Å²) in [5.74, 6) is 1.35. The van der Waals surface area contributed by atoms with Crippen LogP contribution in [0.5, 0.6) is 0 Å². The standard InChI is InChI=1S/C11H19NO2/c1-8(2)9(3)14-7-10-4-5-13-11(10)6-12/h4-5,8-9H,6-7,12H2,1-3H3. The Balaban J connectivity index is 2.45. The summed E-state index contributed by atoms with van der Waals surface area (Å²) in [6, 6.07) is 1.91. The molecule has 3 heteroatoms. The number of nitrogens with two attached hydrogens (primary N) is 1. The van der Waals surface area contributed by atoms with E-state index in [1.54, 1.807) is 6.26 Å². The van der Waals surface area contributed by atoms with Gasteiger partial charge < -0.3 is 14.9 Å². The molecule has 0 saturated heterocycles. The van der Waals surface area contributed by atoms with E-state index >= 15 is 0 Å². The zero-order valence-electron chi connectivity index (χ0n) is 9.12. The van der Waals surface area contributed by atoms with Gasteiger partial charge in [0.2, 0.25) is 0 Å². The van der Waals surface area contributed by atoms with Gasteiger partial charge in [0.15, 0.2) is 0 Å². The summed E-state index contributed by atoms with van der Waals surface area (Å²) in [7, 11) is 0. The van der Waals surface area contributed by atoms with Crippen LogP contribution in [0.1, 0.15) is 32.1 Å². The maximum Gasteiger partial charge on any atom is 0.122 e. The number of hydrogen-bond donors (Lipinski definition) is 1. The average molecular weight is 197 g/mol. The first-order valence-electron chi connectivity index (χ1n) is 5.02. The van der Waals surface area contributed by atoms with Crippen molar-refractivity contribution in [1.82, 2.24) is 0 Å². The van der Waals surface area contributed by atoms with Crippen molar-refractivity contribution in [2.45, 2.75) is 40.0 Å². The van der Waals surface area contributed by atoms with Gasteiger partial charge in [-0.05, 0) is 18.9 Å². The highest BCUT2D eigenvalue weighted by Gasteiger charge is 2.10. The van der Waals surface area contributed by atoms with Crippen LogP contribution in [0.25, 0.3) is 0 Å². The molecule has 0 aromatic carbocycles. The van der Waals surface area contributed by atoms with Crippen LogP contribution in [0.3, 0.4) is 0 Å². The molecule has 0 aliphatic carbocycles. The van der Waals surface area contributed by atoms with Crippen LogP contribution in [-0.4, -0.2) is 6.10 Å². The van der Waals surface area contributed by atoms with E-state index < -0.39 is 0 Å². The third kappa shape index (κ3) is 2.86. The molecule has 0 fully saturated rings. The predicted octanol–water partition coefficient (Wildman–Crippen LogP) is 2.30. The molecular formula is C11H19NO2. The Bertz CT molecular complexity index is 268. The van der Waals surface area contributed by atoms with E-state index in [4.69, 9.17) is 14.9 Å². The molecule has 1 aromatic rings. The first-order chi connectivity index (χ1) is 6.65. The van der Waals surface area contributed by atoms with Gasteiger partial charge in [-0.2, -0.15) is 0 Å². The third-order valence-electron chi connectivity index (χ3n) is 2.46. The highest BCUT2D eigenvalue weighted by atomic mass is 16.5. The van der Waals surface area contributed by atoms with Gasteiger partial charge in [0, 0.05) is 5.56 Å². The summed E-state index contributed by atoms with van der Waals surface area (Å²) in [6.07, 6.45) is 1.91. The molecule has 80 valence electrons. The SMILES string of the molecule is CC(C)C(C)OCc1ccoc1CN. The Hall–Kier alpha value is -0.800. The molecule has 14 heavy (non-hydrogen) atoms. The Morgan fingerprint density at radius 3 is 2.71 bits per heavy atom. The molecule has 0 spiro atoms. The minimum atomic E-state index is 0.260. The highest BCUT2D eigenvalue weighted by Crippen LogP contribution is 2.14. The smallest absolute Gasteiger partial charge is 0.122 e. The third-order valence-corrected chi connectivity index (χ3v) is 2.46. The van der Waals surface area contributed by atoms with E-state index in [1.807, 2.05) is 6.07 Å². The van der Waals surface area contributed by atoms with Crippen LogP contribution >= 0.6 is 0 Å². The van der Waals surface area contributed by atoms with E-state index in [0.29, 0.717) is 19.1 Å². The van der Waals surface area contributed by atoms with Crippen molar-refractivity contribution in [3.8, 4) is 0 Å². The second-order valence-electron chi connectivity index (χ2n) is 3.83. The fraction of sp³-hybridized carbons (Fsp3) is 0.636. The summed E-state index contributed by atoms with van der Waals surface area (Å²) in [5.41, 5.74) is 6.57.